The number of aryl methyl sites for hydroxylation is 1. The first kappa shape index (κ1) is 22.6. The lowest BCUT2D eigenvalue weighted by Crippen LogP contribution is -2.18. The third kappa shape index (κ3) is 6.21. The fourth-order valence-corrected chi connectivity index (χ4v) is 2.89. The molecule has 0 aliphatic rings. The van der Waals surface area contributed by atoms with Gasteiger partial charge in [0.15, 0.2) is 0 Å². The monoisotopic (exact) mass is 445 g/mol. The molecule has 0 saturated heterocycles. The first-order chi connectivity index (χ1) is 15.1. The second kappa shape index (κ2) is 9.38. The number of hydrogen-bond donors (Lipinski definition) is 2. The van der Waals surface area contributed by atoms with Crippen molar-refractivity contribution in [1.29, 1.82) is 0 Å². The summed E-state index contributed by atoms with van der Waals surface area (Å²) in [5.41, 5.74) is 1.81. The molecule has 0 aliphatic carbocycles. The Morgan fingerprint density at radius 3 is 2.66 bits per heavy atom. The van der Waals surface area contributed by atoms with E-state index in [0.29, 0.717) is 22.5 Å². The minimum absolute atomic E-state index is 0.218. The van der Waals surface area contributed by atoms with Crippen molar-refractivity contribution in [2.45, 2.75) is 12.9 Å². The van der Waals surface area contributed by atoms with Crippen molar-refractivity contribution in [2.24, 2.45) is 7.05 Å². The molecule has 0 amide bonds. The Morgan fingerprint density at radius 1 is 1.22 bits per heavy atom. The maximum Gasteiger partial charge on any atom is 0.573 e. The van der Waals surface area contributed by atoms with Gasteiger partial charge in [-0.3, -0.25) is 4.79 Å². The van der Waals surface area contributed by atoms with Crippen LogP contribution < -0.4 is 15.6 Å². The summed E-state index contributed by atoms with van der Waals surface area (Å²) in [5, 5.41) is 11.8. The number of carbonyl (C=O) groups is 1. The largest absolute Gasteiger partial charge is 0.573 e. The van der Waals surface area contributed by atoms with Crippen LogP contribution in [0.5, 0.6) is 5.75 Å². The van der Waals surface area contributed by atoms with Crippen LogP contribution in [0.2, 0.25) is 0 Å². The number of pyridine rings is 2. The van der Waals surface area contributed by atoms with Gasteiger partial charge in [-0.15, -0.1) is 13.2 Å². The van der Waals surface area contributed by atoms with Crippen LogP contribution in [0.15, 0.2) is 65.7 Å². The molecule has 2 N–H and O–H groups in total. The third-order valence-corrected chi connectivity index (χ3v) is 4.32. The summed E-state index contributed by atoms with van der Waals surface area (Å²) in [4.78, 5) is 27.2. The summed E-state index contributed by atoms with van der Waals surface area (Å²) in [6.07, 6.45) is 0.537. The van der Waals surface area contributed by atoms with E-state index in [4.69, 9.17) is 5.11 Å². The summed E-state index contributed by atoms with van der Waals surface area (Å²) >= 11 is 0. The second-order valence-corrected chi connectivity index (χ2v) is 6.75. The molecule has 0 bridgehead atoms. The molecular weight excluding hydrogens is 427 g/mol. The number of ether oxygens (including phenoxy) is 1. The van der Waals surface area contributed by atoms with Crippen molar-refractivity contribution in [2.75, 3.05) is 5.32 Å². The van der Waals surface area contributed by atoms with Crippen molar-refractivity contribution in [3.63, 3.8) is 0 Å². The number of rotatable bonds is 7. The quantitative estimate of drug-likeness (QED) is 0.533. The Labute approximate surface area is 180 Å². The van der Waals surface area contributed by atoms with Gasteiger partial charge in [0.1, 0.15) is 11.6 Å². The Kier molecular flexibility index (Phi) is 6.62. The van der Waals surface area contributed by atoms with Crippen molar-refractivity contribution in [3.8, 4) is 16.9 Å². The van der Waals surface area contributed by atoms with Gasteiger partial charge in [-0.25, -0.2) is 9.78 Å². The minimum atomic E-state index is -4.76. The Bertz CT molecular complexity index is 1200. The smallest absolute Gasteiger partial charge is 0.478 e. The Balaban J connectivity index is 1.73. The van der Waals surface area contributed by atoms with Gasteiger partial charge >= 0.3 is 12.3 Å². The number of hydrogen-bond acceptors (Lipinski definition) is 5. The van der Waals surface area contributed by atoms with Crippen molar-refractivity contribution >= 4 is 17.9 Å². The number of anilines is 1. The van der Waals surface area contributed by atoms with Gasteiger partial charge < -0.3 is 19.7 Å². The number of carboxylic acid groups (broad SMARTS) is 1. The van der Waals surface area contributed by atoms with E-state index in [1.54, 1.807) is 43.7 Å². The van der Waals surface area contributed by atoms with Crippen LogP contribution in [0, 0.1) is 0 Å². The highest BCUT2D eigenvalue weighted by Crippen LogP contribution is 2.24. The molecule has 32 heavy (non-hydrogen) atoms. The molecular formula is C22H18F3N3O4. The van der Waals surface area contributed by atoms with Gasteiger partial charge in [-0.1, -0.05) is 12.1 Å². The number of carboxylic acids is 1. The molecule has 10 heteroatoms. The molecule has 0 unspecified atom stereocenters. The van der Waals surface area contributed by atoms with Gasteiger partial charge in [0.25, 0.3) is 5.56 Å². The van der Waals surface area contributed by atoms with E-state index in [9.17, 15) is 22.8 Å². The average molecular weight is 445 g/mol. The zero-order chi connectivity index (χ0) is 23.3. The average Bonchev–Trinajstić information content (AvgIpc) is 2.72. The molecule has 2 heterocycles. The first-order valence-electron chi connectivity index (χ1n) is 9.27. The van der Waals surface area contributed by atoms with E-state index in [-0.39, 0.29) is 23.4 Å². The standard InChI is InChI=1S/C22H18F3N3O4/c1-28-13-17(10-15(21(28)31)6-8-20(29)30)16-5-7-19(27-12-16)26-11-14-3-2-4-18(9-14)32-22(23,24)25/h2-10,12-13H,11H2,1H3,(H,26,27)(H,29,30)/b8-6+. The molecule has 0 aliphatic heterocycles. The number of halogens is 3. The molecule has 1 aromatic carbocycles. The molecule has 7 nitrogen and oxygen atoms in total. The molecule has 0 saturated carbocycles. The molecule has 0 fully saturated rings. The number of nitrogens with one attached hydrogen (secondary N) is 1. The zero-order valence-corrected chi connectivity index (χ0v) is 16.8. The summed E-state index contributed by atoms with van der Waals surface area (Å²) in [7, 11) is 1.56. The summed E-state index contributed by atoms with van der Waals surface area (Å²) in [6, 6.07) is 10.6. The van der Waals surface area contributed by atoms with Crippen LogP contribution in [0.25, 0.3) is 17.2 Å². The van der Waals surface area contributed by atoms with Crippen LogP contribution in [0.1, 0.15) is 11.1 Å². The van der Waals surface area contributed by atoms with Crippen LogP contribution in [0.4, 0.5) is 19.0 Å². The van der Waals surface area contributed by atoms with Gasteiger partial charge in [0.2, 0.25) is 0 Å². The van der Waals surface area contributed by atoms with Gasteiger partial charge in [0, 0.05) is 48.8 Å². The van der Waals surface area contributed by atoms with E-state index in [1.165, 1.54) is 28.8 Å². The summed E-state index contributed by atoms with van der Waals surface area (Å²) in [5.74, 6) is -0.973. The van der Waals surface area contributed by atoms with E-state index in [0.717, 1.165) is 6.08 Å². The highest BCUT2D eigenvalue weighted by Gasteiger charge is 2.31. The van der Waals surface area contributed by atoms with Crippen molar-refractivity contribution in [1.82, 2.24) is 9.55 Å². The van der Waals surface area contributed by atoms with Crippen LogP contribution in [-0.2, 0) is 18.4 Å². The van der Waals surface area contributed by atoms with E-state index in [1.807, 2.05) is 0 Å². The number of aromatic nitrogens is 2. The van der Waals surface area contributed by atoms with E-state index in [2.05, 4.69) is 15.0 Å². The maximum absolute atomic E-state index is 12.4. The topological polar surface area (TPSA) is 93.4 Å². The van der Waals surface area contributed by atoms with Crippen molar-refractivity contribution in [3.05, 3.63) is 82.4 Å². The normalized spacial score (nSPS) is 11.5. The fraction of sp³-hybridized carbons (Fsp3) is 0.136. The van der Waals surface area contributed by atoms with Gasteiger partial charge in [0.05, 0.1) is 0 Å². The Hall–Kier alpha value is -4.08. The predicted octanol–water partition coefficient (Wildman–Crippen LogP) is 4.06. The zero-order valence-electron chi connectivity index (χ0n) is 16.8. The molecule has 2 aromatic heterocycles. The molecule has 0 spiro atoms. The Morgan fingerprint density at radius 2 is 2.00 bits per heavy atom. The molecule has 3 aromatic rings. The fourth-order valence-electron chi connectivity index (χ4n) is 2.89. The molecule has 0 radical (unpaired) electrons. The number of benzene rings is 1. The van der Waals surface area contributed by atoms with Crippen LogP contribution in [-0.4, -0.2) is 27.0 Å². The first-order valence-corrected chi connectivity index (χ1v) is 9.27. The van der Waals surface area contributed by atoms with Crippen LogP contribution in [0.3, 0.4) is 0 Å². The number of alkyl halides is 3. The predicted molar refractivity (Wildman–Crippen MR) is 112 cm³/mol. The molecule has 3 rings (SSSR count). The lowest BCUT2D eigenvalue weighted by molar-refractivity contribution is -0.274. The van der Waals surface area contributed by atoms with Gasteiger partial charge in [-0.05, 0) is 42.0 Å². The lowest BCUT2D eigenvalue weighted by atomic mass is 10.1. The summed E-state index contributed by atoms with van der Waals surface area (Å²) < 4.78 is 42.3. The number of aliphatic carboxylic acids is 1. The highest BCUT2D eigenvalue weighted by atomic mass is 19.4. The number of nitrogens with zero attached hydrogens (tertiary/aromatic N) is 2. The second-order valence-electron chi connectivity index (χ2n) is 6.75. The maximum atomic E-state index is 12.4. The van der Waals surface area contributed by atoms with Crippen molar-refractivity contribution < 1.29 is 27.8 Å². The minimum Gasteiger partial charge on any atom is -0.478 e. The van der Waals surface area contributed by atoms with Crippen LogP contribution >= 0.6 is 0 Å². The SMILES string of the molecule is Cn1cc(-c2ccc(NCc3cccc(OC(F)(F)F)c3)nc2)cc(/C=C/C(=O)O)c1=O. The van der Waals surface area contributed by atoms with Gasteiger partial charge in [-0.2, -0.15) is 0 Å². The summed E-state index contributed by atoms with van der Waals surface area (Å²) in [6.45, 7) is 0.228. The lowest BCUT2D eigenvalue weighted by Gasteiger charge is -2.11. The third-order valence-electron chi connectivity index (χ3n) is 4.32. The molecule has 166 valence electrons. The highest BCUT2D eigenvalue weighted by molar-refractivity contribution is 5.85. The van der Waals surface area contributed by atoms with E-state index >= 15 is 0 Å². The van der Waals surface area contributed by atoms with E-state index < -0.39 is 12.3 Å². The molecule has 0 atom stereocenters.